The summed E-state index contributed by atoms with van der Waals surface area (Å²) in [5.41, 5.74) is 1.12. The number of nitrogens with one attached hydrogen (secondary N) is 1. The van der Waals surface area contributed by atoms with Crippen molar-refractivity contribution in [2.45, 2.75) is 13.5 Å². The molecule has 1 aromatic carbocycles. The molecule has 6 nitrogen and oxygen atoms in total. The molecule has 1 N–H and O–H groups in total. The molecule has 0 aliphatic carbocycles. The zero-order valence-electron chi connectivity index (χ0n) is 13.0. The second-order valence-electron chi connectivity index (χ2n) is 4.62. The first-order valence-electron chi connectivity index (χ1n) is 7.20. The van der Waals surface area contributed by atoms with Crippen LogP contribution in [0.25, 0.3) is 0 Å². The largest absolute Gasteiger partial charge is 0.496 e. The standard InChI is InChI=1S/C17H18N2O4/c1-3-23-17(21)14-9-6-8-13(19-14)16(20)18-11-12-7-4-5-10-15(12)22-2/h4-10H,3,11H2,1-2H3,(H,18,20). The average molecular weight is 314 g/mol. The first kappa shape index (κ1) is 16.5. The van der Waals surface area contributed by atoms with Gasteiger partial charge in [0.25, 0.3) is 5.91 Å². The highest BCUT2D eigenvalue weighted by Crippen LogP contribution is 2.16. The molecule has 1 aromatic heterocycles. The molecular weight excluding hydrogens is 296 g/mol. The Morgan fingerprint density at radius 2 is 1.83 bits per heavy atom. The van der Waals surface area contributed by atoms with Crippen LogP contribution in [0.2, 0.25) is 0 Å². The third-order valence-electron chi connectivity index (χ3n) is 3.10. The Morgan fingerprint density at radius 1 is 1.09 bits per heavy atom. The number of esters is 1. The van der Waals surface area contributed by atoms with Crippen molar-refractivity contribution in [1.82, 2.24) is 10.3 Å². The van der Waals surface area contributed by atoms with E-state index in [1.165, 1.54) is 6.07 Å². The van der Waals surface area contributed by atoms with E-state index in [0.29, 0.717) is 12.3 Å². The molecule has 1 amide bonds. The number of nitrogens with zero attached hydrogens (tertiary/aromatic N) is 1. The molecule has 0 fully saturated rings. The van der Waals surface area contributed by atoms with E-state index in [9.17, 15) is 9.59 Å². The third kappa shape index (κ3) is 4.29. The van der Waals surface area contributed by atoms with Crippen LogP contribution < -0.4 is 10.1 Å². The first-order chi connectivity index (χ1) is 11.2. The maximum absolute atomic E-state index is 12.2. The number of amides is 1. The van der Waals surface area contributed by atoms with Gasteiger partial charge in [0.1, 0.15) is 17.1 Å². The van der Waals surface area contributed by atoms with Crippen molar-refractivity contribution in [2.24, 2.45) is 0 Å². The van der Waals surface area contributed by atoms with Crippen LogP contribution >= 0.6 is 0 Å². The van der Waals surface area contributed by atoms with Crippen LogP contribution in [-0.4, -0.2) is 30.6 Å². The van der Waals surface area contributed by atoms with E-state index in [4.69, 9.17) is 9.47 Å². The van der Waals surface area contributed by atoms with Crippen LogP contribution in [0.1, 0.15) is 33.5 Å². The molecule has 0 radical (unpaired) electrons. The van der Waals surface area contributed by atoms with Crippen molar-refractivity contribution in [3.05, 3.63) is 59.4 Å². The zero-order chi connectivity index (χ0) is 16.7. The van der Waals surface area contributed by atoms with E-state index in [-0.39, 0.29) is 23.9 Å². The van der Waals surface area contributed by atoms with Gasteiger partial charge in [-0.15, -0.1) is 0 Å². The molecule has 6 heteroatoms. The Kier molecular flexibility index (Phi) is 5.68. The van der Waals surface area contributed by atoms with Gasteiger partial charge in [0.2, 0.25) is 0 Å². The summed E-state index contributed by atoms with van der Waals surface area (Å²) in [4.78, 5) is 27.9. The predicted molar refractivity (Wildman–Crippen MR) is 84.4 cm³/mol. The second kappa shape index (κ2) is 7.93. The van der Waals surface area contributed by atoms with Gasteiger partial charge in [-0.2, -0.15) is 0 Å². The van der Waals surface area contributed by atoms with Gasteiger partial charge in [0.15, 0.2) is 0 Å². The van der Waals surface area contributed by atoms with E-state index in [0.717, 1.165) is 5.56 Å². The van der Waals surface area contributed by atoms with E-state index >= 15 is 0 Å². The Hall–Kier alpha value is -2.89. The molecule has 0 spiro atoms. The van der Waals surface area contributed by atoms with E-state index in [1.807, 2.05) is 24.3 Å². The minimum absolute atomic E-state index is 0.108. The fourth-order valence-electron chi connectivity index (χ4n) is 1.99. The van der Waals surface area contributed by atoms with Crippen LogP contribution in [0.15, 0.2) is 42.5 Å². The number of methoxy groups -OCH3 is 1. The molecule has 0 aliphatic heterocycles. The van der Waals surface area contributed by atoms with Crippen LogP contribution in [-0.2, 0) is 11.3 Å². The van der Waals surface area contributed by atoms with Crippen molar-refractivity contribution in [3.63, 3.8) is 0 Å². The molecule has 0 atom stereocenters. The lowest BCUT2D eigenvalue weighted by Crippen LogP contribution is -2.24. The van der Waals surface area contributed by atoms with Gasteiger partial charge in [-0.1, -0.05) is 24.3 Å². The smallest absolute Gasteiger partial charge is 0.356 e. The van der Waals surface area contributed by atoms with E-state index < -0.39 is 5.97 Å². The number of benzene rings is 1. The topological polar surface area (TPSA) is 77.5 Å². The van der Waals surface area contributed by atoms with Gasteiger partial charge in [-0.3, -0.25) is 4.79 Å². The molecule has 1 heterocycles. The number of aromatic nitrogens is 1. The number of ether oxygens (including phenoxy) is 2. The monoisotopic (exact) mass is 314 g/mol. The Morgan fingerprint density at radius 3 is 2.57 bits per heavy atom. The van der Waals surface area contributed by atoms with Gasteiger partial charge < -0.3 is 14.8 Å². The van der Waals surface area contributed by atoms with Crippen molar-refractivity contribution in [2.75, 3.05) is 13.7 Å². The Balaban J connectivity index is 2.06. The molecule has 120 valence electrons. The number of hydrogen-bond donors (Lipinski definition) is 1. The summed E-state index contributed by atoms with van der Waals surface area (Å²) in [6.45, 7) is 2.26. The van der Waals surface area contributed by atoms with Crippen LogP contribution in [0.4, 0.5) is 0 Å². The molecular formula is C17H18N2O4. The average Bonchev–Trinajstić information content (AvgIpc) is 2.60. The fourth-order valence-corrected chi connectivity index (χ4v) is 1.99. The van der Waals surface area contributed by atoms with Crippen molar-refractivity contribution < 1.29 is 19.1 Å². The summed E-state index contributed by atoms with van der Waals surface area (Å²) < 4.78 is 10.1. The summed E-state index contributed by atoms with van der Waals surface area (Å²) in [7, 11) is 1.57. The van der Waals surface area contributed by atoms with Crippen LogP contribution in [0, 0.1) is 0 Å². The van der Waals surface area contributed by atoms with Crippen molar-refractivity contribution in [1.29, 1.82) is 0 Å². The van der Waals surface area contributed by atoms with E-state index in [1.54, 1.807) is 26.2 Å². The Bertz CT molecular complexity index is 700. The highest BCUT2D eigenvalue weighted by Gasteiger charge is 2.13. The first-order valence-corrected chi connectivity index (χ1v) is 7.20. The van der Waals surface area contributed by atoms with Gasteiger partial charge in [0.05, 0.1) is 13.7 Å². The molecule has 0 bridgehead atoms. The molecule has 0 unspecified atom stereocenters. The summed E-state index contributed by atoms with van der Waals surface area (Å²) >= 11 is 0. The lowest BCUT2D eigenvalue weighted by molar-refractivity contribution is 0.0519. The van der Waals surface area contributed by atoms with Gasteiger partial charge in [-0.05, 0) is 25.1 Å². The third-order valence-corrected chi connectivity index (χ3v) is 3.10. The number of para-hydroxylation sites is 1. The molecule has 23 heavy (non-hydrogen) atoms. The molecule has 2 rings (SSSR count). The summed E-state index contributed by atoms with van der Waals surface area (Å²) in [6, 6.07) is 12.0. The van der Waals surface area contributed by atoms with E-state index in [2.05, 4.69) is 10.3 Å². The molecule has 0 aliphatic rings. The quantitative estimate of drug-likeness (QED) is 0.827. The molecule has 2 aromatic rings. The molecule has 0 saturated carbocycles. The summed E-state index contributed by atoms with van der Waals surface area (Å²) in [5.74, 6) is -0.227. The maximum Gasteiger partial charge on any atom is 0.356 e. The Labute approximate surface area is 134 Å². The highest BCUT2D eigenvalue weighted by atomic mass is 16.5. The minimum atomic E-state index is -0.549. The van der Waals surface area contributed by atoms with Gasteiger partial charge >= 0.3 is 5.97 Å². The number of pyridine rings is 1. The predicted octanol–water partition coefficient (Wildman–Crippen LogP) is 2.20. The van der Waals surface area contributed by atoms with Crippen LogP contribution in [0.5, 0.6) is 5.75 Å². The lowest BCUT2D eigenvalue weighted by atomic mass is 10.2. The number of carbonyl (C=O) groups is 2. The summed E-state index contributed by atoms with van der Waals surface area (Å²) in [6.07, 6.45) is 0. The highest BCUT2D eigenvalue weighted by molar-refractivity contribution is 5.94. The minimum Gasteiger partial charge on any atom is -0.496 e. The van der Waals surface area contributed by atoms with Gasteiger partial charge in [-0.25, -0.2) is 9.78 Å². The summed E-state index contributed by atoms with van der Waals surface area (Å²) in [5, 5.41) is 2.75. The normalized spacial score (nSPS) is 10.0. The zero-order valence-corrected chi connectivity index (χ0v) is 13.0. The second-order valence-corrected chi connectivity index (χ2v) is 4.62. The fraction of sp³-hybridized carbons (Fsp3) is 0.235. The van der Waals surface area contributed by atoms with Crippen molar-refractivity contribution >= 4 is 11.9 Å². The number of hydrogen-bond acceptors (Lipinski definition) is 5. The maximum atomic E-state index is 12.2. The molecule has 0 saturated heterocycles. The lowest BCUT2D eigenvalue weighted by Gasteiger charge is -2.09. The number of carbonyl (C=O) groups excluding carboxylic acids is 2. The van der Waals surface area contributed by atoms with Crippen molar-refractivity contribution in [3.8, 4) is 5.75 Å². The van der Waals surface area contributed by atoms with Crippen LogP contribution in [0.3, 0.4) is 0 Å². The van der Waals surface area contributed by atoms with Gasteiger partial charge in [0, 0.05) is 12.1 Å². The SMILES string of the molecule is CCOC(=O)c1cccc(C(=O)NCc2ccccc2OC)n1. The number of rotatable bonds is 6.